The van der Waals surface area contributed by atoms with Crippen LogP contribution in [0.4, 0.5) is 11.4 Å². The number of anilines is 2. The molecule has 0 bridgehead atoms. The molecule has 98 valence electrons. The molecule has 0 aliphatic carbocycles. The standard InChI is InChI=1S/C15H16N2OS/c18-15-5-2-7-17(15)14-4-1-3-13(9-14)16-10-12-6-8-19-11-12/h1,3-4,6,8-9,11,16H,2,5,7,10H2. The van der Waals surface area contributed by atoms with Crippen molar-refractivity contribution in [2.45, 2.75) is 19.4 Å². The molecule has 1 aliphatic heterocycles. The zero-order valence-electron chi connectivity index (χ0n) is 10.6. The van der Waals surface area contributed by atoms with Crippen molar-refractivity contribution in [3.8, 4) is 0 Å². The van der Waals surface area contributed by atoms with Gasteiger partial charge >= 0.3 is 0 Å². The molecule has 1 N–H and O–H groups in total. The molecule has 1 aromatic heterocycles. The molecule has 2 heterocycles. The van der Waals surface area contributed by atoms with Crippen LogP contribution in [0.25, 0.3) is 0 Å². The van der Waals surface area contributed by atoms with Gasteiger partial charge in [-0.2, -0.15) is 11.3 Å². The molecule has 2 aromatic rings. The van der Waals surface area contributed by atoms with Gasteiger partial charge in [0.05, 0.1) is 0 Å². The minimum Gasteiger partial charge on any atom is -0.381 e. The third kappa shape index (κ3) is 2.79. The van der Waals surface area contributed by atoms with Crippen LogP contribution in [0.2, 0.25) is 0 Å². The van der Waals surface area contributed by atoms with Gasteiger partial charge in [0.15, 0.2) is 0 Å². The highest BCUT2D eigenvalue weighted by atomic mass is 32.1. The van der Waals surface area contributed by atoms with Crippen LogP contribution in [0.3, 0.4) is 0 Å². The average Bonchev–Trinajstić information content (AvgIpc) is 3.08. The van der Waals surface area contributed by atoms with Crippen LogP contribution in [0, 0.1) is 0 Å². The third-order valence-corrected chi connectivity index (χ3v) is 4.04. The Labute approximate surface area is 116 Å². The Morgan fingerprint density at radius 2 is 2.26 bits per heavy atom. The largest absolute Gasteiger partial charge is 0.381 e. The lowest BCUT2D eigenvalue weighted by atomic mass is 10.2. The van der Waals surface area contributed by atoms with Crippen molar-refractivity contribution in [1.29, 1.82) is 0 Å². The lowest BCUT2D eigenvalue weighted by Crippen LogP contribution is -2.23. The summed E-state index contributed by atoms with van der Waals surface area (Å²) in [5.41, 5.74) is 3.34. The number of hydrogen-bond donors (Lipinski definition) is 1. The van der Waals surface area contributed by atoms with E-state index in [1.54, 1.807) is 11.3 Å². The second kappa shape index (κ2) is 5.45. The molecule has 0 saturated carbocycles. The summed E-state index contributed by atoms with van der Waals surface area (Å²) in [6.45, 7) is 1.66. The number of nitrogens with one attached hydrogen (secondary N) is 1. The van der Waals surface area contributed by atoms with Crippen LogP contribution in [0.15, 0.2) is 41.1 Å². The summed E-state index contributed by atoms with van der Waals surface area (Å²) in [7, 11) is 0. The van der Waals surface area contributed by atoms with Gasteiger partial charge in [-0.1, -0.05) is 6.07 Å². The first kappa shape index (κ1) is 12.2. The van der Waals surface area contributed by atoms with Gasteiger partial charge in [0, 0.05) is 30.9 Å². The molecular formula is C15H16N2OS. The smallest absolute Gasteiger partial charge is 0.227 e. The van der Waals surface area contributed by atoms with E-state index in [4.69, 9.17) is 0 Å². The fourth-order valence-corrected chi connectivity index (χ4v) is 2.97. The van der Waals surface area contributed by atoms with Gasteiger partial charge in [0.25, 0.3) is 0 Å². The second-order valence-electron chi connectivity index (χ2n) is 4.68. The lowest BCUT2D eigenvalue weighted by Gasteiger charge is -2.17. The van der Waals surface area contributed by atoms with Crippen molar-refractivity contribution in [2.75, 3.05) is 16.8 Å². The molecule has 4 heteroatoms. The number of benzene rings is 1. The fraction of sp³-hybridized carbons (Fsp3) is 0.267. The Bertz CT molecular complexity index is 565. The van der Waals surface area contributed by atoms with Crippen molar-refractivity contribution in [1.82, 2.24) is 0 Å². The van der Waals surface area contributed by atoms with Crippen LogP contribution >= 0.6 is 11.3 Å². The van der Waals surface area contributed by atoms with Crippen molar-refractivity contribution in [2.24, 2.45) is 0 Å². The summed E-state index contributed by atoms with van der Waals surface area (Å²) in [6, 6.07) is 10.2. The first-order valence-electron chi connectivity index (χ1n) is 6.48. The summed E-state index contributed by atoms with van der Waals surface area (Å²) in [5, 5.41) is 7.61. The second-order valence-corrected chi connectivity index (χ2v) is 5.46. The maximum Gasteiger partial charge on any atom is 0.227 e. The van der Waals surface area contributed by atoms with E-state index in [9.17, 15) is 4.79 Å². The van der Waals surface area contributed by atoms with E-state index in [0.29, 0.717) is 6.42 Å². The van der Waals surface area contributed by atoms with Crippen molar-refractivity contribution < 1.29 is 4.79 Å². The molecule has 1 aliphatic rings. The van der Waals surface area contributed by atoms with Crippen molar-refractivity contribution >= 4 is 28.6 Å². The molecular weight excluding hydrogens is 256 g/mol. The number of rotatable bonds is 4. The van der Waals surface area contributed by atoms with Crippen molar-refractivity contribution in [3.63, 3.8) is 0 Å². The molecule has 1 amide bonds. The number of thiophene rings is 1. The van der Waals surface area contributed by atoms with E-state index in [2.05, 4.69) is 28.2 Å². The summed E-state index contributed by atoms with van der Waals surface area (Å²) >= 11 is 1.71. The lowest BCUT2D eigenvalue weighted by molar-refractivity contribution is -0.117. The number of hydrogen-bond acceptors (Lipinski definition) is 3. The fourth-order valence-electron chi connectivity index (χ4n) is 2.30. The van der Waals surface area contributed by atoms with Gasteiger partial charge in [-0.3, -0.25) is 4.79 Å². The summed E-state index contributed by atoms with van der Waals surface area (Å²) in [6.07, 6.45) is 1.64. The van der Waals surface area contributed by atoms with Gasteiger partial charge in [0.2, 0.25) is 5.91 Å². The van der Waals surface area contributed by atoms with E-state index in [1.165, 1.54) is 5.56 Å². The molecule has 1 fully saturated rings. The van der Waals surface area contributed by atoms with Gasteiger partial charge in [0.1, 0.15) is 0 Å². The maximum absolute atomic E-state index is 11.7. The zero-order valence-corrected chi connectivity index (χ0v) is 11.5. The van der Waals surface area contributed by atoms with E-state index in [-0.39, 0.29) is 5.91 Å². The molecule has 1 saturated heterocycles. The molecule has 19 heavy (non-hydrogen) atoms. The van der Waals surface area contributed by atoms with Crippen LogP contribution in [0.5, 0.6) is 0 Å². The first-order chi connectivity index (χ1) is 9.33. The Hall–Kier alpha value is -1.81. The van der Waals surface area contributed by atoms with Crippen LogP contribution in [-0.2, 0) is 11.3 Å². The predicted molar refractivity (Wildman–Crippen MR) is 79.7 cm³/mol. The number of carbonyl (C=O) groups is 1. The van der Waals surface area contributed by atoms with E-state index >= 15 is 0 Å². The van der Waals surface area contributed by atoms with Gasteiger partial charge in [-0.25, -0.2) is 0 Å². The molecule has 0 spiro atoms. The molecule has 3 nitrogen and oxygen atoms in total. The highest BCUT2D eigenvalue weighted by Crippen LogP contribution is 2.24. The van der Waals surface area contributed by atoms with E-state index in [1.807, 2.05) is 23.1 Å². The zero-order chi connectivity index (χ0) is 13.1. The van der Waals surface area contributed by atoms with Crippen LogP contribution < -0.4 is 10.2 Å². The topological polar surface area (TPSA) is 32.3 Å². The quantitative estimate of drug-likeness (QED) is 0.924. The predicted octanol–water partition coefficient (Wildman–Crippen LogP) is 3.49. The molecule has 3 rings (SSSR count). The van der Waals surface area contributed by atoms with Crippen molar-refractivity contribution in [3.05, 3.63) is 46.7 Å². The maximum atomic E-state index is 11.7. The number of amides is 1. The van der Waals surface area contributed by atoms with E-state index in [0.717, 1.165) is 30.9 Å². The average molecular weight is 272 g/mol. The number of carbonyl (C=O) groups excluding carboxylic acids is 1. The van der Waals surface area contributed by atoms with Gasteiger partial charge < -0.3 is 10.2 Å². The van der Waals surface area contributed by atoms with Crippen LogP contribution in [-0.4, -0.2) is 12.5 Å². The molecule has 0 atom stereocenters. The highest BCUT2D eigenvalue weighted by molar-refractivity contribution is 7.07. The van der Waals surface area contributed by atoms with Gasteiger partial charge in [-0.05, 0) is 47.0 Å². The minimum absolute atomic E-state index is 0.231. The van der Waals surface area contributed by atoms with E-state index < -0.39 is 0 Å². The molecule has 1 aromatic carbocycles. The minimum atomic E-state index is 0.231. The normalized spacial score (nSPS) is 14.9. The summed E-state index contributed by atoms with van der Waals surface area (Å²) in [4.78, 5) is 13.6. The Morgan fingerprint density at radius 3 is 3.00 bits per heavy atom. The first-order valence-corrected chi connectivity index (χ1v) is 7.42. The molecule has 0 unspecified atom stereocenters. The SMILES string of the molecule is O=C1CCCN1c1cccc(NCc2ccsc2)c1. The Kier molecular flexibility index (Phi) is 3.51. The number of nitrogens with zero attached hydrogens (tertiary/aromatic N) is 1. The highest BCUT2D eigenvalue weighted by Gasteiger charge is 2.21. The third-order valence-electron chi connectivity index (χ3n) is 3.31. The van der Waals surface area contributed by atoms with Crippen LogP contribution in [0.1, 0.15) is 18.4 Å². The molecule has 0 radical (unpaired) electrons. The Morgan fingerprint density at radius 1 is 1.32 bits per heavy atom. The summed E-state index contributed by atoms with van der Waals surface area (Å²) in [5.74, 6) is 0.231. The summed E-state index contributed by atoms with van der Waals surface area (Å²) < 4.78 is 0. The monoisotopic (exact) mass is 272 g/mol. The Balaban J connectivity index is 1.71. The van der Waals surface area contributed by atoms with Gasteiger partial charge in [-0.15, -0.1) is 0 Å².